The number of benzene rings is 4. The van der Waals surface area contributed by atoms with Crippen molar-refractivity contribution in [2.75, 3.05) is 0 Å². The third kappa shape index (κ3) is 4.40. The number of hydrogen-bond donors (Lipinski definition) is 0. The summed E-state index contributed by atoms with van der Waals surface area (Å²) in [6, 6.07) is 37.6. The topological polar surface area (TPSA) is 4.93 Å². The Morgan fingerprint density at radius 3 is 2.26 bits per heavy atom. The van der Waals surface area contributed by atoms with E-state index in [0.29, 0.717) is 0 Å². The first-order chi connectivity index (χ1) is 16.2. The van der Waals surface area contributed by atoms with Crippen molar-refractivity contribution < 1.29 is 26.2 Å². The van der Waals surface area contributed by atoms with Gasteiger partial charge in [0.05, 0.1) is 0 Å². The van der Waals surface area contributed by atoms with Gasteiger partial charge in [-0.3, -0.25) is 0 Å². The van der Waals surface area contributed by atoms with E-state index in [1.54, 1.807) is 0 Å². The molecule has 34 heavy (non-hydrogen) atoms. The van der Waals surface area contributed by atoms with Crippen LogP contribution in [0.2, 0.25) is 13.1 Å². The van der Waals surface area contributed by atoms with Crippen molar-refractivity contribution in [1.82, 2.24) is 4.57 Å². The van der Waals surface area contributed by atoms with Gasteiger partial charge in [0.1, 0.15) is 0 Å². The second kappa shape index (κ2) is 10.8. The molecule has 1 aliphatic rings. The molecular weight excluding hydrogens is 506 g/mol. The molecule has 0 unspecified atom stereocenters. The van der Waals surface area contributed by atoms with Crippen LogP contribution in [0.3, 0.4) is 0 Å². The van der Waals surface area contributed by atoms with Gasteiger partial charge in [-0.25, -0.2) is 0 Å². The third-order valence-electron chi connectivity index (χ3n) is 6.29. The summed E-state index contributed by atoms with van der Waals surface area (Å²) in [5.41, 5.74) is 8.15. The van der Waals surface area contributed by atoms with E-state index in [2.05, 4.69) is 122 Å². The fraction of sp³-hybridized carbons (Fsp3) is 0.129. The molecule has 0 atom stereocenters. The molecule has 0 amide bonds. The van der Waals surface area contributed by atoms with Crippen molar-refractivity contribution in [1.29, 1.82) is 0 Å². The van der Waals surface area contributed by atoms with Gasteiger partial charge in [0.15, 0.2) is 0 Å². The molecular formula is C31H27NSiZr. The fourth-order valence-electron chi connectivity index (χ4n) is 4.86. The molecule has 0 fully saturated rings. The maximum atomic E-state index is 3.30. The molecule has 1 nitrogen and oxygen atoms in total. The maximum Gasteiger partial charge on any atom is 2.00 e. The molecule has 1 heterocycles. The first-order valence-corrected chi connectivity index (χ1v) is 13.4. The predicted molar refractivity (Wildman–Crippen MR) is 145 cm³/mol. The Balaban J connectivity index is 0.000000145. The number of nitrogens with zero attached hydrogens (tertiary/aromatic N) is 1. The Morgan fingerprint density at radius 2 is 1.44 bits per heavy atom. The zero-order valence-electron chi connectivity index (χ0n) is 19.9. The maximum absolute atomic E-state index is 3.30. The van der Waals surface area contributed by atoms with Crippen LogP contribution in [0.5, 0.6) is 0 Å². The average Bonchev–Trinajstić information content (AvgIpc) is 3.50. The second-order valence-electron chi connectivity index (χ2n) is 8.46. The fourth-order valence-corrected chi connectivity index (χ4v) is 4.86. The number of aromatic nitrogens is 1. The Bertz CT molecular complexity index is 1510. The van der Waals surface area contributed by atoms with Crippen LogP contribution in [0.25, 0.3) is 43.7 Å². The quantitative estimate of drug-likeness (QED) is 0.138. The van der Waals surface area contributed by atoms with Gasteiger partial charge in [-0.15, -0.1) is 40.6 Å². The van der Waals surface area contributed by atoms with Crippen LogP contribution < -0.4 is 0 Å². The average molecular weight is 533 g/mol. The van der Waals surface area contributed by atoms with E-state index in [9.17, 15) is 0 Å². The first kappa shape index (κ1) is 24.5. The van der Waals surface area contributed by atoms with E-state index in [4.69, 9.17) is 0 Å². The first-order valence-electron chi connectivity index (χ1n) is 11.4. The van der Waals surface area contributed by atoms with E-state index < -0.39 is 0 Å². The molecule has 7 rings (SSSR count). The van der Waals surface area contributed by atoms with Gasteiger partial charge in [0, 0.05) is 22.1 Å². The summed E-state index contributed by atoms with van der Waals surface area (Å²) in [5, 5.41) is 5.43. The van der Waals surface area contributed by atoms with Gasteiger partial charge < -0.3 is 4.57 Å². The number of hydrogen-bond acceptors (Lipinski definition) is 0. The van der Waals surface area contributed by atoms with E-state index in [1.807, 2.05) is 6.07 Å². The Labute approximate surface area is 223 Å². The summed E-state index contributed by atoms with van der Waals surface area (Å²) in [6.07, 6.45) is 1.05. The molecule has 3 heteroatoms. The minimum Gasteiger partial charge on any atom is -0.362 e. The summed E-state index contributed by atoms with van der Waals surface area (Å²) in [7, 11) is 3.23. The minimum absolute atomic E-state index is 0. The summed E-state index contributed by atoms with van der Waals surface area (Å²) in [5.74, 6) is 0. The number of rotatable bonds is 0. The number of para-hydroxylation sites is 1. The largest absolute Gasteiger partial charge is 2.00 e. The van der Waals surface area contributed by atoms with Gasteiger partial charge in [-0.2, -0.15) is 29.8 Å². The van der Waals surface area contributed by atoms with E-state index in [1.165, 1.54) is 54.8 Å². The van der Waals surface area contributed by atoms with E-state index >= 15 is 0 Å². The standard InChI is InChI=1S/C16H12N.C13H9.C2H6Si.Zr/c1-17-14-9-5-4-8-13(14)16-12-7-3-2-6-11(12)10-15(16)17;1-3-7-12-10(5-1)9-11-6-2-4-8-13(11)12;1-3-2;/h2-10H,1H3;1-5,7-8H,9H2;1-2H3;/q2*-1;;+2. The van der Waals surface area contributed by atoms with Crippen molar-refractivity contribution in [3.63, 3.8) is 0 Å². The van der Waals surface area contributed by atoms with Crippen molar-refractivity contribution in [3.8, 4) is 11.1 Å². The molecule has 2 radical (unpaired) electrons. The molecule has 6 aromatic rings. The zero-order valence-corrected chi connectivity index (χ0v) is 23.3. The Kier molecular flexibility index (Phi) is 7.76. The molecule has 0 N–H and O–H groups in total. The molecule has 0 saturated carbocycles. The van der Waals surface area contributed by atoms with E-state index in [0.717, 1.165) is 15.9 Å². The summed E-state index contributed by atoms with van der Waals surface area (Å²) < 4.78 is 2.28. The van der Waals surface area contributed by atoms with Gasteiger partial charge in [-0.1, -0.05) is 78.1 Å². The van der Waals surface area contributed by atoms with Crippen LogP contribution in [0.4, 0.5) is 0 Å². The Morgan fingerprint density at radius 1 is 0.794 bits per heavy atom. The third-order valence-corrected chi connectivity index (χ3v) is 6.29. The van der Waals surface area contributed by atoms with Crippen LogP contribution in [0.15, 0.2) is 97.1 Å². The molecule has 0 bridgehead atoms. The van der Waals surface area contributed by atoms with Gasteiger partial charge in [0.2, 0.25) is 0 Å². The molecule has 5 aromatic carbocycles. The van der Waals surface area contributed by atoms with Crippen molar-refractivity contribution >= 4 is 42.1 Å². The number of fused-ring (bicyclic) bond motifs is 8. The van der Waals surface area contributed by atoms with Crippen LogP contribution in [-0.2, 0) is 39.7 Å². The minimum atomic E-state index is 0. The summed E-state index contributed by atoms with van der Waals surface area (Å²) >= 11 is 0. The van der Waals surface area contributed by atoms with Crippen LogP contribution >= 0.6 is 0 Å². The molecule has 0 aliphatic heterocycles. The molecule has 1 aliphatic carbocycles. The van der Waals surface area contributed by atoms with Gasteiger partial charge >= 0.3 is 26.2 Å². The second-order valence-corrected chi connectivity index (χ2v) is 9.46. The SMILES string of the molecule is C[Si]C.Cn1c2ccccc2c2c3ccccc3[cH-]c21.[Zr+2].[c-]1cccc2c1Cc1ccccc1-2. The smallest absolute Gasteiger partial charge is 0.362 e. The molecule has 164 valence electrons. The van der Waals surface area contributed by atoms with Crippen molar-refractivity contribution in [2.24, 2.45) is 7.05 Å². The van der Waals surface area contributed by atoms with E-state index in [-0.39, 0.29) is 26.2 Å². The molecule has 0 spiro atoms. The summed E-state index contributed by atoms with van der Waals surface area (Å²) in [6.45, 7) is 4.31. The predicted octanol–water partition coefficient (Wildman–Crippen LogP) is 8.05. The van der Waals surface area contributed by atoms with Crippen LogP contribution in [-0.4, -0.2) is 14.1 Å². The van der Waals surface area contributed by atoms with Crippen LogP contribution in [0, 0.1) is 6.07 Å². The Hall–Kier alpha value is -2.61. The molecule has 1 aromatic heterocycles. The normalized spacial score (nSPS) is 11.1. The van der Waals surface area contributed by atoms with Crippen molar-refractivity contribution in [3.05, 3.63) is 114 Å². The monoisotopic (exact) mass is 531 g/mol. The zero-order chi connectivity index (χ0) is 22.8. The van der Waals surface area contributed by atoms with Crippen LogP contribution in [0.1, 0.15) is 11.1 Å². The summed E-state index contributed by atoms with van der Waals surface area (Å²) in [4.78, 5) is 0. The van der Waals surface area contributed by atoms with Crippen molar-refractivity contribution in [2.45, 2.75) is 19.5 Å². The van der Waals surface area contributed by atoms with Gasteiger partial charge in [0.25, 0.3) is 0 Å². The number of aryl methyl sites for hydroxylation is 1. The molecule has 0 saturated heterocycles. The van der Waals surface area contributed by atoms with Gasteiger partial charge in [-0.05, 0) is 23.4 Å².